The Hall–Kier alpha value is -2.09. The first-order valence-electron chi connectivity index (χ1n) is 7.72. The molecule has 1 amide bonds. The van der Waals surface area contributed by atoms with Crippen LogP contribution < -0.4 is 0 Å². The number of nitro groups is 1. The minimum absolute atomic E-state index is 0.136. The number of carbonyl (C=O) groups excluding carboxylic acids is 2. The molecule has 0 radical (unpaired) electrons. The van der Waals surface area contributed by atoms with E-state index in [1.54, 1.807) is 6.92 Å². The lowest BCUT2D eigenvalue weighted by Gasteiger charge is -2.30. The Balaban J connectivity index is 2.35. The summed E-state index contributed by atoms with van der Waals surface area (Å²) in [6, 6.07) is 4.90. The Kier molecular flexibility index (Phi) is 5.82. The van der Waals surface area contributed by atoms with Gasteiger partial charge in [0, 0.05) is 23.4 Å². The SMILES string of the molecule is CCOC(=O)C1CSC(C(C)C)N1C(=O)c1cccc([N+](=O)[O-])c1. The van der Waals surface area contributed by atoms with E-state index in [0.29, 0.717) is 5.75 Å². The third-order valence-corrected chi connectivity index (χ3v) is 5.32. The van der Waals surface area contributed by atoms with E-state index in [0.717, 1.165) is 0 Å². The van der Waals surface area contributed by atoms with Crippen LogP contribution in [-0.2, 0) is 9.53 Å². The van der Waals surface area contributed by atoms with Crippen molar-refractivity contribution >= 4 is 29.3 Å². The second-order valence-electron chi connectivity index (χ2n) is 5.76. The number of benzene rings is 1. The Morgan fingerprint density at radius 3 is 2.75 bits per heavy atom. The van der Waals surface area contributed by atoms with Gasteiger partial charge in [-0.2, -0.15) is 0 Å². The number of amides is 1. The van der Waals surface area contributed by atoms with Crippen LogP contribution in [0.5, 0.6) is 0 Å². The number of carbonyl (C=O) groups is 2. The average Bonchev–Trinajstić information content (AvgIpc) is 2.99. The highest BCUT2D eigenvalue weighted by molar-refractivity contribution is 8.00. The van der Waals surface area contributed by atoms with Crippen molar-refractivity contribution in [1.82, 2.24) is 4.90 Å². The highest BCUT2D eigenvalue weighted by Crippen LogP contribution is 2.36. The Morgan fingerprint density at radius 2 is 2.17 bits per heavy atom. The van der Waals surface area contributed by atoms with Crippen molar-refractivity contribution in [2.45, 2.75) is 32.2 Å². The number of hydrogen-bond donors (Lipinski definition) is 0. The first-order valence-corrected chi connectivity index (χ1v) is 8.77. The monoisotopic (exact) mass is 352 g/mol. The zero-order valence-corrected chi connectivity index (χ0v) is 14.6. The van der Waals surface area contributed by atoms with Gasteiger partial charge in [0.2, 0.25) is 0 Å². The van der Waals surface area contributed by atoms with Crippen molar-refractivity contribution in [2.24, 2.45) is 5.92 Å². The van der Waals surface area contributed by atoms with E-state index in [4.69, 9.17) is 4.74 Å². The van der Waals surface area contributed by atoms with Gasteiger partial charge in [-0.05, 0) is 18.9 Å². The molecule has 7 nitrogen and oxygen atoms in total. The number of ether oxygens (including phenoxy) is 1. The summed E-state index contributed by atoms with van der Waals surface area (Å²) in [6.07, 6.45) is 0. The molecule has 1 aliphatic heterocycles. The van der Waals surface area contributed by atoms with Crippen LogP contribution in [0, 0.1) is 16.0 Å². The van der Waals surface area contributed by atoms with Gasteiger partial charge in [0.15, 0.2) is 0 Å². The predicted molar refractivity (Wildman–Crippen MR) is 90.8 cm³/mol. The van der Waals surface area contributed by atoms with Crippen LogP contribution in [0.15, 0.2) is 24.3 Å². The summed E-state index contributed by atoms with van der Waals surface area (Å²) in [4.78, 5) is 37.0. The molecule has 24 heavy (non-hydrogen) atoms. The van der Waals surface area contributed by atoms with Crippen LogP contribution in [0.25, 0.3) is 0 Å². The lowest BCUT2D eigenvalue weighted by molar-refractivity contribution is -0.384. The molecule has 1 aromatic rings. The van der Waals surface area contributed by atoms with E-state index in [1.165, 1.54) is 40.9 Å². The fourth-order valence-electron chi connectivity index (χ4n) is 2.62. The van der Waals surface area contributed by atoms with Crippen LogP contribution in [0.4, 0.5) is 5.69 Å². The molecule has 2 unspecified atom stereocenters. The number of nitrogens with zero attached hydrogens (tertiary/aromatic N) is 2. The van der Waals surface area contributed by atoms with Crippen LogP contribution >= 0.6 is 11.8 Å². The molecule has 2 atom stereocenters. The topological polar surface area (TPSA) is 89.8 Å². The van der Waals surface area contributed by atoms with Crippen LogP contribution in [0.3, 0.4) is 0 Å². The van der Waals surface area contributed by atoms with Gasteiger partial charge < -0.3 is 9.64 Å². The number of non-ortho nitro benzene ring substituents is 1. The average molecular weight is 352 g/mol. The van der Waals surface area contributed by atoms with Gasteiger partial charge >= 0.3 is 5.97 Å². The van der Waals surface area contributed by atoms with E-state index in [2.05, 4.69) is 0 Å². The predicted octanol–water partition coefficient (Wildman–Crippen LogP) is 2.70. The molecule has 130 valence electrons. The minimum atomic E-state index is -0.672. The molecular formula is C16H20N2O5S. The molecule has 1 fully saturated rings. The molecule has 0 spiro atoms. The van der Waals surface area contributed by atoms with E-state index < -0.39 is 16.9 Å². The van der Waals surface area contributed by atoms with Crippen molar-refractivity contribution in [3.8, 4) is 0 Å². The van der Waals surface area contributed by atoms with Gasteiger partial charge in [0.25, 0.3) is 11.6 Å². The zero-order chi connectivity index (χ0) is 17.9. The zero-order valence-electron chi connectivity index (χ0n) is 13.8. The second kappa shape index (κ2) is 7.65. The van der Waals surface area contributed by atoms with Crippen molar-refractivity contribution in [3.63, 3.8) is 0 Å². The Bertz CT molecular complexity index is 649. The molecule has 0 aliphatic carbocycles. The molecule has 0 N–H and O–H groups in total. The van der Waals surface area contributed by atoms with Crippen molar-refractivity contribution in [2.75, 3.05) is 12.4 Å². The largest absolute Gasteiger partial charge is 0.464 e. The number of thioether (sulfide) groups is 1. The van der Waals surface area contributed by atoms with Gasteiger partial charge in [-0.1, -0.05) is 19.9 Å². The summed E-state index contributed by atoms with van der Waals surface area (Å²) < 4.78 is 5.08. The molecule has 1 heterocycles. The molecule has 1 aliphatic rings. The number of nitro benzene ring substituents is 1. The lowest BCUT2D eigenvalue weighted by Crippen LogP contribution is -2.47. The van der Waals surface area contributed by atoms with Gasteiger partial charge in [0.05, 0.1) is 16.9 Å². The number of hydrogen-bond acceptors (Lipinski definition) is 6. The maximum Gasteiger partial charge on any atom is 0.329 e. The third kappa shape index (κ3) is 3.69. The van der Waals surface area contributed by atoms with Crippen LogP contribution in [0.2, 0.25) is 0 Å². The van der Waals surface area contributed by atoms with Gasteiger partial charge in [-0.15, -0.1) is 11.8 Å². The minimum Gasteiger partial charge on any atom is -0.464 e. The van der Waals surface area contributed by atoms with E-state index in [9.17, 15) is 19.7 Å². The molecule has 0 aromatic heterocycles. The van der Waals surface area contributed by atoms with Gasteiger partial charge in [-0.3, -0.25) is 14.9 Å². The van der Waals surface area contributed by atoms with E-state index in [1.807, 2.05) is 13.8 Å². The molecule has 0 bridgehead atoms. The summed E-state index contributed by atoms with van der Waals surface area (Å²) in [5, 5.41) is 10.8. The standard InChI is InChI=1S/C16H20N2O5S/c1-4-23-16(20)13-9-24-15(10(2)3)17(13)14(19)11-6-5-7-12(8-11)18(21)22/h5-8,10,13,15H,4,9H2,1-3H3. The smallest absolute Gasteiger partial charge is 0.329 e. The molecule has 1 saturated heterocycles. The fraction of sp³-hybridized carbons (Fsp3) is 0.500. The summed E-state index contributed by atoms with van der Waals surface area (Å²) >= 11 is 1.52. The molecule has 8 heteroatoms. The van der Waals surface area contributed by atoms with E-state index >= 15 is 0 Å². The molecule has 0 saturated carbocycles. The van der Waals surface area contributed by atoms with Gasteiger partial charge in [-0.25, -0.2) is 4.79 Å². The number of esters is 1. The second-order valence-corrected chi connectivity index (χ2v) is 6.91. The fourth-order valence-corrected chi connectivity index (χ4v) is 4.08. The molecule has 2 rings (SSSR count). The first kappa shape index (κ1) is 18.3. The molecule has 1 aromatic carbocycles. The highest BCUT2D eigenvalue weighted by Gasteiger charge is 2.43. The first-order chi connectivity index (χ1) is 11.4. The van der Waals surface area contributed by atoms with Crippen molar-refractivity contribution in [1.29, 1.82) is 0 Å². The van der Waals surface area contributed by atoms with Crippen LogP contribution in [0.1, 0.15) is 31.1 Å². The Morgan fingerprint density at radius 1 is 1.46 bits per heavy atom. The summed E-state index contributed by atoms with van der Waals surface area (Å²) in [5.74, 6) is -0.230. The molecular weight excluding hydrogens is 332 g/mol. The summed E-state index contributed by atoms with van der Waals surface area (Å²) in [5.41, 5.74) is 0.0492. The maximum atomic E-state index is 12.9. The number of rotatable bonds is 5. The third-order valence-electron chi connectivity index (χ3n) is 3.70. The normalized spacial score (nSPS) is 20.2. The summed E-state index contributed by atoms with van der Waals surface area (Å²) in [6.45, 7) is 5.90. The maximum absolute atomic E-state index is 12.9. The van der Waals surface area contributed by atoms with Crippen LogP contribution in [-0.4, -0.2) is 45.5 Å². The summed E-state index contributed by atoms with van der Waals surface area (Å²) in [7, 11) is 0. The Labute approximate surface area is 144 Å². The van der Waals surface area contributed by atoms with Gasteiger partial charge in [0.1, 0.15) is 6.04 Å². The van der Waals surface area contributed by atoms with Crippen molar-refractivity contribution in [3.05, 3.63) is 39.9 Å². The quantitative estimate of drug-likeness (QED) is 0.460. The van der Waals surface area contributed by atoms with E-state index in [-0.39, 0.29) is 35.1 Å². The highest BCUT2D eigenvalue weighted by atomic mass is 32.2. The lowest BCUT2D eigenvalue weighted by atomic mass is 10.1. The van der Waals surface area contributed by atoms with Crippen molar-refractivity contribution < 1.29 is 19.2 Å².